The second-order valence-electron chi connectivity index (χ2n) is 5.11. The molecule has 1 aliphatic rings. The van der Waals surface area contributed by atoms with Gasteiger partial charge in [0.2, 0.25) is 0 Å². The van der Waals surface area contributed by atoms with E-state index in [1.807, 2.05) is 0 Å². The Bertz CT molecular complexity index is 702. The Morgan fingerprint density at radius 2 is 1.95 bits per heavy atom. The van der Waals surface area contributed by atoms with Crippen LogP contribution in [0.25, 0.3) is 0 Å². The van der Waals surface area contributed by atoms with Gasteiger partial charge in [-0.15, -0.1) is 0 Å². The highest BCUT2D eigenvalue weighted by Crippen LogP contribution is 2.41. The van der Waals surface area contributed by atoms with Crippen molar-refractivity contribution >= 4 is 23.3 Å². The lowest BCUT2D eigenvalue weighted by atomic mass is 9.91. The minimum absolute atomic E-state index is 0.307. The normalized spacial score (nSPS) is 20.1. The molecule has 2 aromatic carbocycles. The molecule has 0 spiro atoms. The van der Waals surface area contributed by atoms with Gasteiger partial charge < -0.3 is 10.4 Å². The highest BCUT2D eigenvalue weighted by molar-refractivity contribution is 6.30. The van der Waals surface area contributed by atoms with Gasteiger partial charge in [-0.3, -0.25) is 0 Å². The third-order valence-corrected chi connectivity index (χ3v) is 4.15. The summed E-state index contributed by atoms with van der Waals surface area (Å²) in [5, 5.41) is 13.3. The van der Waals surface area contributed by atoms with Crippen LogP contribution in [0.2, 0.25) is 5.02 Å². The predicted molar refractivity (Wildman–Crippen MR) is 79.1 cm³/mol. The van der Waals surface area contributed by atoms with Crippen LogP contribution < -0.4 is 5.32 Å². The Labute approximate surface area is 126 Å². The molecular formula is C16H13ClFNO2. The number of rotatable bonds is 3. The quantitative estimate of drug-likeness (QED) is 0.906. The lowest BCUT2D eigenvalue weighted by Gasteiger charge is -2.28. The van der Waals surface area contributed by atoms with Gasteiger partial charge in [-0.1, -0.05) is 23.7 Å². The number of carboxylic acids is 1. The van der Waals surface area contributed by atoms with Crippen LogP contribution in [0.5, 0.6) is 0 Å². The van der Waals surface area contributed by atoms with Crippen molar-refractivity contribution in [2.24, 2.45) is 0 Å². The molecular weight excluding hydrogens is 293 g/mol. The number of fused-ring (bicyclic) bond motifs is 1. The van der Waals surface area contributed by atoms with Crippen molar-refractivity contribution in [3.63, 3.8) is 0 Å². The van der Waals surface area contributed by atoms with Crippen LogP contribution in [0.3, 0.4) is 0 Å². The van der Waals surface area contributed by atoms with Crippen LogP contribution in [-0.2, 0) is 16.8 Å². The molecule has 0 saturated carbocycles. The SMILES string of the molecule is O=C(O)C1(Nc2ccc(Cl)cc2)CCc2c(F)cccc21. The van der Waals surface area contributed by atoms with Gasteiger partial charge in [0.15, 0.2) is 5.54 Å². The second-order valence-corrected chi connectivity index (χ2v) is 5.54. The molecule has 21 heavy (non-hydrogen) atoms. The van der Waals surface area contributed by atoms with Crippen LogP contribution in [0.4, 0.5) is 10.1 Å². The number of hydrogen-bond acceptors (Lipinski definition) is 2. The van der Waals surface area contributed by atoms with Crippen molar-refractivity contribution in [2.75, 3.05) is 5.32 Å². The van der Waals surface area contributed by atoms with Crippen molar-refractivity contribution in [3.8, 4) is 0 Å². The average molecular weight is 306 g/mol. The Morgan fingerprint density at radius 3 is 2.62 bits per heavy atom. The molecule has 1 atom stereocenters. The monoisotopic (exact) mass is 305 g/mol. The lowest BCUT2D eigenvalue weighted by Crippen LogP contribution is -2.41. The van der Waals surface area contributed by atoms with Crippen LogP contribution in [0, 0.1) is 5.82 Å². The topological polar surface area (TPSA) is 49.3 Å². The number of carbonyl (C=O) groups is 1. The fourth-order valence-electron chi connectivity index (χ4n) is 2.84. The molecule has 2 aromatic rings. The summed E-state index contributed by atoms with van der Waals surface area (Å²) < 4.78 is 13.9. The third-order valence-electron chi connectivity index (χ3n) is 3.90. The zero-order valence-corrected chi connectivity index (χ0v) is 11.8. The van der Waals surface area contributed by atoms with Gasteiger partial charge in [0, 0.05) is 10.7 Å². The highest BCUT2D eigenvalue weighted by atomic mass is 35.5. The van der Waals surface area contributed by atoms with E-state index in [0.29, 0.717) is 34.7 Å². The summed E-state index contributed by atoms with van der Waals surface area (Å²) in [5.41, 5.74) is 0.302. The van der Waals surface area contributed by atoms with Crippen LogP contribution in [0.15, 0.2) is 42.5 Å². The number of hydrogen-bond donors (Lipinski definition) is 2. The molecule has 2 N–H and O–H groups in total. The number of nitrogens with one attached hydrogen (secondary N) is 1. The average Bonchev–Trinajstić information content (AvgIpc) is 2.83. The lowest BCUT2D eigenvalue weighted by molar-refractivity contribution is -0.142. The summed E-state index contributed by atoms with van der Waals surface area (Å²) in [6.45, 7) is 0. The molecule has 0 heterocycles. The smallest absolute Gasteiger partial charge is 0.334 e. The maximum atomic E-state index is 13.9. The van der Waals surface area contributed by atoms with Gasteiger partial charge >= 0.3 is 5.97 Å². The van der Waals surface area contributed by atoms with Gasteiger partial charge in [-0.25, -0.2) is 9.18 Å². The number of carboxylic acid groups (broad SMARTS) is 1. The largest absolute Gasteiger partial charge is 0.479 e. The number of aliphatic carboxylic acids is 1. The summed E-state index contributed by atoms with van der Waals surface area (Å²) in [7, 11) is 0. The summed E-state index contributed by atoms with van der Waals surface area (Å²) in [6.07, 6.45) is 0.704. The first-order valence-electron chi connectivity index (χ1n) is 6.58. The van der Waals surface area contributed by atoms with Crippen LogP contribution >= 0.6 is 11.6 Å². The minimum atomic E-state index is -1.30. The van der Waals surface area contributed by atoms with E-state index < -0.39 is 11.5 Å². The Balaban J connectivity index is 2.06. The maximum absolute atomic E-state index is 13.9. The van der Waals surface area contributed by atoms with Gasteiger partial charge in [-0.05, 0) is 54.3 Å². The molecule has 1 unspecified atom stereocenters. The van der Waals surface area contributed by atoms with E-state index in [4.69, 9.17) is 11.6 Å². The molecule has 108 valence electrons. The summed E-state index contributed by atoms with van der Waals surface area (Å²) in [6, 6.07) is 11.4. The molecule has 0 amide bonds. The first kappa shape index (κ1) is 13.9. The number of halogens is 2. The van der Waals surface area contributed by atoms with Crippen molar-refractivity contribution in [1.82, 2.24) is 0 Å². The number of anilines is 1. The standard InChI is InChI=1S/C16H13ClFNO2/c17-10-4-6-11(7-5-10)19-16(15(20)21)9-8-12-13(16)2-1-3-14(12)18/h1-7,19H,8-9H2,(H,20,21). The molecule has 0 aromatic heterocycles. The Morgan fingerprint density at radius 1 is 1.24 bits per heavy atom. The molecule has 0 saturated heterocycles. The van der Waals surface area contributed by atoms with Crippen molar-refractivity contribution in [3.05, 3.63) is 64.4 Å². The summed E-state index contributed by atoms with van der Waals surface area (Å²) in [4.78, 5) is 11.9. The zero-order chi connectivity index (χ0) is 15.0. The summed E-state index contributed by atoms with van der Waals surface area (Å²) in [5.74, 6) is -1.37. The van der Waals surface area contributed by atoms with E-state index in [1.54, 1.807) is 36.4 Å². The maximum Gasteiger partial charge on any atom is 0.334 e. The van der Waals surface area contributed by atoms with E-state index in [0.717, 1.165) is 0 Å². The van der Waals surface area contributed by atoms with E-state index in [9.17, 15) is 14.3 Å². The minimum Gasteiger partial charge on any atom is -0.479 e. The first-order chi connectivity index (χ1) is 10.0. The molecule has 3 nitrogen and oxygen atoms in total. The summed E-state index contributed by atoms with van der Waals surface area (Å²) >= 11 is 5.83. The van der Waals surface area contributed by atoms with Crippen LogP contribution in [-0.4, -0.2) is 11.1 Å². The van der Waals surface area contributed by atoms with Gasteiger partial charge in [0.1, 0.15) is 5.82 Å². The first-order valence-corrected chi connectivity index (χ1v) is 6.96. The molecule has 3 rings (SSSR count). The fraction of sp³-hybridized carbons (Fsp3) is 0.188. The van der Waals surface area contributed by atoms with E-state index >= 15 is 0 Å². The molecule has 0 bridgehead atoms. The van der Waals surface area contributed by atoms with Crippen molar-refractivity contribution in [2.45, 2.75) is 18.4 Å². The van der Waals surface area contributed by atoms with Gasteiger partial charge in [0.25, 0.3) is 0 Å². The van der Waals surface area contributed by atoms with Crippen molar-refractivity contribution < 1.29 is 14.3 Å². The third kappa shape index (κ3) is 2.25. The fourth-order valence-corrected chi connectivity index (χ4v) is 2.97. The second kappa shape index (κ2) is 5.04. The molecule has 0 aliphatic heterocycles. The molecule has 1 aliphatic carbocycles. The Hall–Kier alpha value is -2.07. The molecule has 0 radical (unpaired) electrons. The van der Waals surface area contributed by atoms with E-state index in [1.165, 1.54) is 6.07 Å². The molecule has 5 heteroatoms. The van der Waals surface area contributed by atoms with E-state index in [2.05, 4.69) is 5.32 Å². The van der Waals surface area contributed by atoms with Gasteiger partial charge in [0.05, 0.1) is 0 Å². The Kier molecular flexibility index (Phi) is 3.33. The number of benzene rings is 2. The van der Waals surface area contributed by atoms with Crippen molar-refractivity contribution in [1.29, 1.82) is 0 Å². The predicted octanol–water partition coefficient (Wildman–Crippen LogP) is 3.82. The highest BCUT2D eigenvalue weighted by Gasteiger charge is 2.46. The van der Waals surface area contributed by atoms with E-state index in [-0.39, 0.29) is 5.82 Å². The molecule has 0 fully saturated rings. The zero-order valence-electron chi connectivity index (χ0n) is 11.1. The van der Waals surface area contributed by atoms with Crippen LogP contribution in [0.1, 0.15) is 17.5 Å². The van der Waals surface area contributed by atoms with Gasteiger partial charge in [-0.2, -0.15) is 0 Å².